The molecule has 1 fully saturated rings. The van der Waals surface area contributed by atoms with Gasteiger partial charge in [-0.3, -0.25) is 10.7 Å². The first-order chi connectivity index (χ1) is 13.0. The minimum atomic E-state index is -2.06. The number of aromatic nitrogens is 2. The second-order valence-electron chi connectivity index (χ2n) is 5.80. The Morgan fingerprint density at radius 2 is 2.15 bits per heavy atom. The zero-order valence-electron chi connectivity index (χ0n) is 14.2. The van der Waals surface area contributed by atoms with E-state index in [0.717, 1.165) is 12.8 Å². The molecule has 1 aromatic carbocycles. The van der Waals surface area contributed by atoms with E-state index in [1.54, 1.807) is 0 Å². The molecular weight excluding hydrogens is 443 g/mol. The van der Waals surface area contributed by atoms with E-state index in [9.17, 15) is 13.8 Å². The maximum Gasteiger partial charge on any atom is 0.202 e. The number of amidine groups is 1. The van der Waals surface area contributed by atoms with Crippen LogP contribution in [0.1, 0.15) is 18.5 Å². The number of anilines is 1. The molecule has 1 aromatic heterocycles. The van der Waals surface area contributed by atoms with Crippen molar-refractivity contribution >= 4 is 43.0 Å². The van der Waals surface area contributed by atoms with E-state index in [2.05, 4.69) is 40.9 Å². The van der Waals surface area contributed by atoms with Gasteiger partial charge < -0.3 is 5.32 Å². The summed E-state index contributed by atoms with van der Waals surface area (Å²) in [5.74, 6) is 1.09. The number of rotatable bonds is 6. The number of hydrogen-bond acceptors (Lipinski definition) is 8. The summed E-state index contributed by atoms with van der Waals surface area (Å²) in [6.07, 6.45) is 1.91. The molecule has 2 heterocycles. The smallest absolute Gasteiger partial charge is 0.202 e. The molecule has 27 heavy (non-hydrogen) atoms. The number of hydroxylamine groups is 1. The van der Waals surface area contributed by atoms with Crippen LogP contribution in [-0.2, 0) is 9.73 Å². The second kappa shape index (κ2) is 8.76. The number of benzene rings is 1. The van der Waals surface area contributed by atoms with Crippen molar-refractivity contribution in [1.29, 1.82) is 0 Å². The Balaban J connectivity index is 1.71. The fraction of sp³-hybridized carbons (Fsp3) is 0.400. The molecule has 0 bridgehead atoms. The summed E-state index contributed by atoms with van der Waals surface area (Å²) in [6, 6.07) is 4.13. The lowest BCUT2D eigenvalue weighted by atomic mass is 10.3. The first-order valence-corrected chi connectivity index (χ1v) is 10.8. The Labute approximate surface area is 163 Å². The molecule has 3 N–H and O–H groups in total. The van der Waals surface area contributed by atoms with Crippen molar-refractivity contribution in [3.63, 3.8) is 0 Å². The van der Waals surface area contributed by atoms with E-state index in [-0.39, 0.29) is 21.8 Å². The molecule has 1 aliphatic rings. The highest BCUT2D eigenvalue weighted by molar-refractivity contribution is 9.10. The third-order valence-corrected chi connectivity index (χ3v) is 6.98. The average molecular weight is 461 g/mol. The van der Waals surface area contributed by atoms with Gasteiger partial charge in [-0.25, -0.2) is 22.6 Å². The average Bonchev–Trinajstić information content (AvgIpc) is 3.29. The summed E-state index contributed by atoms with van der Waals surface area (Å²) in [5, 5.41) is 19.8. The van der Waals surface area contributed by atoms with Crippen molar-refractivity contribution in [2.45, 2.75) is 12.8 Å². The zero-order valence-corrected chi connectivity index (χ0v) is 16.6. The van der Waals surface area contributed by atoms with Gasteiger partial charge in [-0.1, -0.05) is 0 Å². The Bertz CT molecular complexity index is 945. The van der Waals surface area contributed by atoms with Gasteiger partial charge in [-0.05, 0) is 57.3 Å². The molecule has 2 aromatic rings. The van der Waals surface area contributed by atoms with Gasteiger partial charge in [0.25, 0.3) is 0 Å². The molecule has 1 saturated heterocycles. The van der Waals surface area contributed by atoms with Crippen LogP contribution in [0.4, 0.5) is 15.9 Å². The SMILES string of the molecule is O=S1(=NCCNc2nonc2C(=Nc2ccc(F)c(Br)c2)NO)CCCC1. The van der Waals surface area contributed by atoms with Gasteiger partial charge in [-0.15, -0.1) is 0 Å². The third kappa shape index (κ3) is 5.02. The van der Waals surface area contributed by atoms with Crippen molar-refractivity contribution in [2.75, 3.05) is 29.9 Å². The molecule has 0 amide bonds. The van der Waals surface area contributed by atoms with Gasteiger partial charge in [-0.2, -0.15) is 0 Å². The van der Waals surface area contributed by atoms with E-state index in [4.69, 9.17) is 4.63 Å². The van der Waals surface area contributed by atoms with Crippen LogP contribution in [0.2, 0.25) is 0 Å². The summed E-state index contributed by atoms with van der Waals surface area (Å²) in [6.45, 7) is 0.730. The molecule has 0 radical (unpaired) electrons. The van der Waals surface area contributed by atoms with E-state index in [0.29, 0.717) is 30.3 Å². The van der Waals surface area contributed by atoms with Gasteiger partial charge >= 0.3 is 0 Å². The van der Waals surface area contributed by atoms with Crippen LogP contribution in [0.15, 0.2) is 36.7 Å². The number of hydrogen-bond donors (Lipinski definition) is 3. The van der Waals surface area contributed by atoms with Crippen molar-refractivity contribution in [2.24, 2.45) is 9.36 Å². The first kappa shape index (κ1) is 19.7. The van der Waals surface area contributed by atoms with E-state index >= 15 is 0 Å². The summed E-state index contributed by atoms with van der Waals surface area (Å²) in [4.78, 5) is 4.17. The van der Waals surface area contributed by atoms with Gasteiger partial charge in [0, 0.05) is 27.8 Å². The summed E-state index contributed by atoms with van der Waals surface area (Å²) >= 11 is 3.08. The van der Waals surface area contributed by atoms with Crippen molar-refractivity contribution < 1.29 is 18.4 Å². The lowest BCUT2D eigenvalue weighted by Crippen LogP contribution is -2.22. The fourth-order valence-electron chi connectivity index (χ4n) is 2.55. The van der Waals surface area contributed by atoms with Gasteiger partial charge in [0.2, 0.25) is 5.82 Å². The normalized spacial score (nSPS) is 16.3. The number of halogens is 2. The topological polar surface area (TPSA) is 125 Å². The van der Waals surface area contributed by atoms with Crippen LogP contribution >= 0.6 is 15.9 Å². The van der Waals surface area contributed by atoms with E-state index < -0.39 is 15.5 Å². The van der Waals surface area contributed by atoms with Crippen LogP contribution in [0.5, 0.6) is 0 Å². The predicted molar refractivity (Wildman–Crippen MR) is 102 cm³/mol. The molecule has 12 heteroatoms. The summed E-state index contributed by atoms with van der Waals surface area (Å²) in [5.41, 5.74) is 2.46. The molecule has 0 unspecified atom stereocenters. The molecule has 0 spiro atoms. The molecule has 0 aliphatic carbocycles. The fourth-order valence-corrected chi connectivity index (χ4v) is 5.11. The van der Waals surface area contributed by atoms with Gasteiger partial charge in [0.15, 0.2) is 11.5 Å². The zero-order chi connectivity index (χ0) is 19.3. The maximum absolute atomic E-state index is 13.3. The molecule has 0 saturated carbocycles. The van der Waals surface area contributed by atoms with Crippen LogP contribution in [0, 0.1) is 5.82 Å². The Morgan fingerprint density at radius 1 is 1.37 bits per heavy atom. The van der Waals surface area contributed by atoms with E-state index in [1.807, 2.05) is 5.48 Å². The van der Waals surface area contributed by atoms with Crippen molar-refractivity contribution in [3.8, 4) is 0 Å². The highest BCUT2D eigenvalue weighted by Gasteiger charge is 2.18. The van der Waals surface area contributed by atoms with Gasteiger partial charge in [0.05, 0.1) is 16.7 Å². The molecule has 9 nitrogen and oxygen atoms in total. The molecule has 1 aliphatic heterocycles. The maximum atomic E-state index is 13.3. The third-order valence-electron chi connectivity index (χ3n) is 3.87. The molecule has 0 atom stereocenters. The van der Waals surface area contributed by atoms with Crippen LogP contribution in [-0.4, -0.2) is 50.2 Å². The highest BCUT2D eigenvalue weighted by Crippen LogP contribution is 2.23. The lowest BCUT2D eigenvalue weighted by molar-refractivity contribution is 0.234. The Kier molecular flexibility index (Phi) is 6.39. The number of nitrogens with zero attached hydrogens (tertiary/aromatic N) is 4. The van der Waals surface area contributed by atoms with Crippen LogP contribution in [0.25, 0.3) is 0 Å². The first-order valence-electron chi connectivity index (χ1n) is 8.20. The predicted octanol–water partition coefficient (Wildman–Crippen LogP) is 2.70. The minimum absolute atomic E-state index is 0.0316. The molecule has 3 rings (SSSR count). The standard InChI is InChI=1S/C15H18BrFN6O3S/c16-11-9-10(3-4-12(11)17)20-15(21-24)13-14(23-26-22-13)18-5-6-19-27(25)7-1-2-8-27/h3-4,9,24H,1-2,5-8H2,(H,18,23)(H,20,21). The van der Waals surface area contributed by atoms with Crippen LogP contribution < -0.4 is 10.8 Å². The minimum Gasteiger partial charge on any atom is -0.363 e. The monoisotopic (exact) mass is 460 g/mol. The lowest BCUT2D eigenvalue weighted by Gasteiger charge is -2.05. The van der Waals surface area contributed by atoms with E-state index in [1.165, 1.54) is 18.2 Å². The second-order valence-corrected chi connectivity index (χ2v) is 9.27. The van der Waals surface area contributed by atoms with Crippen molar-refractivity contribution in [1.82, 2.24) is 15.8 Å². The quantitative estimate of drug-likeness (QED) is 0.262. The number of aliphatic imine (C=N–C) groups is 1. The van der Waals surface area contributed by atoms with Gasteiger partial charge in [0.1, 0.15) is 5.82 Å². The summed E-state index contributed by atoms with van der Waals surface area (Å²) in [7, 11) is -2.06. The Morgan fingerprint density at radius 3 is 2.85 bits per heavy atom. The largest absolute Gasteiger partial charge is 0.363 e. The van der Waals surface area contributed by atoms with Crippen molar-refractivity contribution in [3.05, 3.63) is 34.2 Å². The Hall–Kier alpha value is -2.05. The molecule has 146 valence electrons. The summed E-state index contributed by atoms with van der Waals surface area (Å²) < 4.78 is 34.8. The highest BCUT2D eigenvalue weighted by atomic mass is 79.9. The van der Waals surface area contributed by atoms with Crippen LogP contribution in [0.3, 0.4) is 0 Å². The number of nitrogens with one attached hydrogen (secondary N) is 2. The molecular formula is C15H18BrFN6O3S.